The molecule has 0 unspecified atom stereocenters. The van der Waals surface area contributed by atoms with Gasteiger partial charge in [-0.25, -0.2) is 0 Å². The second kappa shape index (κ2) is 8.64. The molecule has 4 atom stereocenters. The van der Waals surface area contributed by atoms with Gasteiger partial charge in [0, 0.05) is 5.92 Å². The maximum absolute atomic E-state index is 12.3. The summed E-state index contributed by atoms with van der Waals surface area (Å²) in [4.78, 5) is 24.3. The maximum Gasteiger partial charge on any atom is 0.223 e. The predicted octanol–water partition coefficient (Wildman–Crippen LogP) is 1.69. The van der Waals surface area contributed by atoms with Crippen molar-refractivity contribution in [1.29, 1.82) is 0 Å². The molecule has 2 fully saturated rings. The van der Waals surface area contributed by atoms with Gasteiger partial charge in [-0.3, -0.25) is 9.59 Å². The highest BCUT2D eigenvalue weighted by Crippen LogP contribution is 2.30. The van der Waals surface area contributed by atoms with Gasteiger partial charge >= 0.3 is 0 Å². The largest absolute Gasteiger partial charge is 0.394 e. The summed E-state index contributed by atoms with van der Waals surface area (Å²) in [5, 5.41) is 15.6. The smallest absolute Gasteiger partial charge is 0.223 e. The zero-order valence-corrected chi connectivity index (χ0v) is 15.2. The summed E-state index contributed by atoms with van der Waals surface area (Å²) >= 11 is 0. The van der Waals surface area contributed by atoms with Crippen molar-refractivity contribution < 1.29 is 19.4 Å². The molecule has 2 amide bonds. The SMILES string of the molecule is C[C@@H](NC(=O)C[C@H]1CC[C@H](NC(=O)C2CC2)[C@H](CO)O1)c1ccccc1. The van der Waals surface area contributed by atoms with Gasteiger partial charge in [-0.1, -0.05) is 30.3 Å². The first kappa shape index (κ1) is 18.9. The van der Waals surface area contributed by atoms with Crippen LogP contribution >= 0.6 is 0 Å². The van der Waals surface area contributed by atoms with E-state index < -0.39 is 6.10 Å². The lowest BCUT2D eigenvalue weighted by molar-refractivity contribution is -0.136. The number of hydrogen-bond donors (Lipinski definition) is 3. The molecule has 3 rings (SSSR count). The molecule has 0 radical (unpaired) electrons. The predicted molar refractivity (Wildman–Crippen MR) is 97.3 cm³/mol. The van der Waals surface area contributed by atoms with Gasteiger partial charge in [-0.05, 0) is 38.2 Å². The van der Waals surface area contributed by atoms with E-state index in [1.54, 1.807) is 0 Å². The lowest BCUT2D eigenvalue weighted by Gasteiger charge is -2.36. The van der Waals surface area contributed by atoms with Crippen molar-refractivity contribution in [1.82, 2.24) is 10.6 Å². The average molecular weight is 360 g/mol. The Balaban J connectivity index is 1.46. The molecule has 0 spiro atoms. The molecule has 6 nitrogen and oxygen atoms in total. The van der Waals surface area contributed by atoms with E-state index in [9.17, 15) is 14.7 Å². The highest BCUT2D eigenvalue weighted by Gasteiger charge is 2.36. The molecule has 142 valence electrons. The Morgan fingerprint density at radius 2 is 1.92 bits per heavy atom. The molecule has 2 aliphatic rings. The Kier molecular flexibility index (Phi) is 6.27. The summed E-state index contributed by atoms with van der Waals surface area (Å²) < 4.78 is 5.88. The summed E-state index contributed by atoms with van der Waals surface area (Å²) in [5.41, 5.74) is 1.06. The quantitative estimate of drug-likeness (QED) is 0.690. The molecule has 1 aliphatic carbocycles. The van der Waals surface area contributed by atoms with Crippen molar-refractivity contribution in [3.05, 3.63) is 35.9 Å². The lowest BCUT2D eigenvalue weighted by Crippen LogP contribution is -2.51. The van der Waals surface area contributed by atoms with Crippen molar-refractivity contribution in [3.8, 4) is 0 Å². The van der Waals surface area contributed by atoms with E-state index in [0.717, 1.165) is 24.8 Å². The Bertz CT molecular complexity index is 617. The van der Waals surface area contributed by atoms with E-state index in [0.29, 0.717) is 6.42 Å². The van der Waals surface area contributed by atoms with Gasteiger partial charge in [0.25, 0.3) is 0 Å². The zero-order chi connectivity index (χ0) is 18.5. The van der Waals surface area contributed by atoms with Crippen molar-refractivity contribution in [2.75, 3.05) is 6.61 Å². The van der Waals surface area contributed by atoms with Gasteiger partial charge in [0.1, 0.15) is 6.10 Å². The highest BCUT2D eigenvalue weighted by atomic mass is 16.5. The molecule has 1 saturated heterocycles. The summed E-state index contributed by atoms with van der Waals surface area (Å²) in [7, 11) is 0. The Labute approximate surface area is 154 Å². The molecular formula is C20H28N2O4. The van der Waals surface area contributed by atoms with Crippen LogP contribution in [0.1, 0.15) is 50.6 Å². The Morgan fingerprint density at radius 1 is 1.19 bits per heavy atom. The van der Waals surface area contributed by atoms with Gasteiger partial charge in [0.15, 0.2) is 0 Å². The van der Waals surface area contributed by atoms with E-state index in [-0.39, 0.29) is 48.9 Å². The first-order valence-electron chi connectivity index (χ1n) is 9.47. The van der Waals surface area contributed by atoms with Crippen LogP contribution < -0.4 is 10.6 Å². The van der Waals surface area contributed by atoms with Gasteiger partial charge in [0.05, 0.1) is 31.2 Å². The van der Waals surface area contributed by atoms with Gasteiger partial charge in [-0.2, -0.15) is 0 Å². The van der Waals surface area contributed by atoms with Crippen LogP contribution in [-0.4, -0.2) is 41.8 Å². The Hall–Kier alpha value is -1.92. The number of ether oxygens (including phenoxy) is 1. The third-order valence-corrected chi connectivity index (χ3v) is 5.16. The minimum absolute atomic E-state index is 0.0601. The number of amides is 2. The lowest BCUT2D eigenvalue weighted by atomic mass is 9.96. The number of rotatable bonds is 7. The fourth-order valence-corrected chi connectivity index (χ4v) is 3.43. The van der Waals surface area contributed by atoms with E-state index in [4.69, 9.17) is 4.74 Å². The molecule has 26 heavy (non-hydrogen) atoms. The minimum atomic E-state index is -0.448. The number of carbonyl (C=O) groups is 2. The van der Waals surface area contributed by atoms with Crippen LogP contribution in [0.5, 0.6) is 0 Å². The van der Waals surface area contributed by atoms with Crippen molar-refractivity contribution in [2.45, 2.75) is 63.3 Å². The molecule has 0 aromatic heterocycles. The summed E-state index contributed by atoms with van der Waals surface area (Å²) in [6.45, 7) is 1.79. The third-order valence-electron chi connectivity index (χ3n) is 5.16. The van der Waals surface area contributed by atoms with E-state index in [1.807, 2.05) is 37.3 Å². The Morgan fingerprint density at radius 3 is 2.58 bits per heavy atom. The maximum atomic E-state index is 12.3. The van der Waals surface area contributed by atoms with Crippen molar-refractivity contribution >= 4 is 11.8 Å². The summed E-state index contributed by atoms with van der Waals surface area (Å²) in [6, 6.07) is 9.58. The fraction of sp³-hybridized carbons (Fsp3) is 0.600. The first-order valence-corrected chi connectivity index (χ1v) is 9.47. The first-order chi connectivity index (χ1) is 12.6. The van der Waals surface area contributed by atoms with Gasteiger partial charge in [-0.15, -0.1) is 0 Å². The van der Waals surface area contributed by atoms with Crippen LogP contribution in [0.4, 0.5) is 0 Å². The average Bonchev–Trinajstić information content (AvgIpc) is 3.48. The second-order valence-electron chi connectivity index (χ2n) is 7.35. The van der Waals surface area contributed by atoms with E-state index in [2.05, 4.69) is 10.6 Å². The highest BCUT2D eigenvalue weighted by molar-refractivity contribution is 5.81. The molecule has 1 aliphatic heterocycles. The summed E-state index contributed by atoms with van der Waals surface area (Å²) in [6.07, 6.45) is 2.89. The standard InChI is InChI=1S/C20H28N2O4/c1-13(14-5-3-2-4-6-14)21-19(24)11-16-9-10-17(18(12-23)26-16)22-20(25)15-7-8-15/h2-6,13,15-18,23H,7-12H2,1H3,(H,21,24)(H,22,25)/t13-,16-,17+,18+/m1/s1. The molecule has 0 bridgehead atoms. The molecule has 3 N–H and O–H groups in total. The zero-order valence-electron chi connectivity index (χ0n) is 15.2. The van der Waals surface area contributed by atoms with Crippen LogP contribution in [0, 0.1) is 5.92 Å². The van der Waals surface area contributed by atoms with Gasteiger partial charge in [0.2, 0.25) is 11.8 Å². The number of hydrogen-bond acceptors (Lipinski definition) is 4. The topological polar surface area (TPSA) is 87.7 Å². The molecular weight excluding hydrogens is 332 g/mol. The number of aliphatic hydroxyl groups excluding tert-OH is 1. The number of carbonyl (C=O) groups excluding carboxylic acids is 2. The molecule has 1 aromatic carbocycles. The van der Waals surface area contributed by atoms with Crippen LogP contribution in [0.25, 0.3) is 0 Å². The van der Waals surface area contributed by atoms with Gasteiger partial charge < -0.3 is 20.5 Å². The van der Waals surface area contributed by atoms with Crippen LogP contribution in [0.3, 0.4) is 0 Å². The molecule has 1 heterocycles. The molecule has 6 heteroatoms. The fourth-order valence-electron chi connectivity index (χ4n) is 3.43. The van der Waals surface area contributed by atoms with Crippen molar-refractivity contribution in [3.63, 3.8) is 0 Å². The van der Waals surface area contributed by atoms with E-state index >= 15 is 0 Å². The number of benzene rings is 1. The third kappa shape index (κ3) is 5.05. The number of nitrogens with one attached hydrogen (secondary N) is 2. The van der Waals surface area contributed by atoms with Crippen LogP contribution in [0.2, 0.25) is 0 Å². The monoisotopic (exact) mass is 360 g/mol. The minimum Gasteiger partial charge on any atom is -0.394 e. The second-order valence-corrected chi connectivity index (χ2v) is 7.35. The van der Waals surface area contributed by atoms with Crippen LogP contribution in [0.15, 0.2) is 30.3 Å². The van der Waals surface area contributed by atoms with E-state index in [1.165, 1.54) is 0 Å². The summed E-state index contributed by atoms with van der Waals surface area (Å²) in [5.74, 6) is 0.130. The normalized spacial score (nSPS) is 26.8. The molecule has 1 saturated carbocycles. The number of aliphatic hydroxyl groups is 1. The van der Waals surface area contributed by atoms with Crippen molar-refractivity contribution in [2.24, 2.45) is 5.92 Å². The molecule has 1 aromatic rings. The van der Waals surface area contributed by atoms with Crippen LogP contribution in [-0.2, 0) is 14.3 Å².